The summed E-state index contributed by atoms with van der Waals surface area (Å²) in [5, 5.41) is 7.72. The van der Waals surface area contributed by atoms with E-state index in [9.17, 15) is 0 Å². The van der Waals surface area contributed by atoms with Crippen LogP contribution in [0.5, 0.6) is 0 Å². The third kappa shape index (κ3) is 2.13. The van der Waals surface area contributed by atoms with Gasteiger partial charge in [-0.2, -0.15) is 0 Å². The average Bonchev–Trinajstić information content (AvgIpc) is 2.11. The van der Waals surface area contributed by atoms with Crippen LogP contribution in [0.1, 0.15) is 29.2 Å². The topological polar surface area (TPSA) is 33.1 Å². The second kappa shape index (κ2) is 4.27. The molecule has 0 spiro atoms. The van der Waals surface area contributed by atoms with Crippen molar-refractivity contribution < 1.29 is 4.74 Å². The van der Waals surface area contributed by atoms with Crippen molar-refractivity contribution in [3.8, 4) is 0 Å². The third-order valence-corrected chi connectivity index (χ3v) is 2.37. The van der Waals surface area contributed by atoms with Gasteiger partial charge in [-0.1, -0.05) is 6.07 Å². The van der Waals surface area contributed by atoms with Crippen LogP contribution < -0.4 is 0 Å². The Bertz CT molecular complexity index is 356. The zero-order valence-corrected chi connectivity index (χ0v) is 9.27. The van der Waals surface area contributed by atoms with Crippen LogP contribution in [0, 0.1) is 26.2 Å². The number of rotatable bonds is 2. The highest BCUT2D eigenvalue weighted by atomic mass is 16.5. The van der Waals surface area contributed by atoms with Crippen LogP contribution in [-0.2, 0) is 4.74 Å². The van der Waals surface area contributed by atoms with Crippen molar-refractivity contribution in [3.63, 3.8) is 0 Å². The van der Waals surface area contributed by atoms with Gasteiger partial charge in [0.25, 0.3) is 0 Å². The van der Waals surface area contributed by atoms with Crippen molar-refractivity contribution in [2.24, 2.45) is 0 Å². The lowest BCUT2D eigenvalue weighted by Crippen LogP contribution is -2.07. The first-order chi connectivity index (χ1) is 6.56. The van der Waals surface area contributed by atoms with Gasteiger partial charge in [0, 0.05) is 5.56 Å². The fourth-order valence-electron chi connectivity index (χ4n) is 1.43. The van der Waals surface area contributed by atoms with Gasteiger partial charge in [-0.25, -0.2) is 0 Å². The summed E-state index contributed by atoms with van der Waals surface area (Å²) in [6, 6.07) is 4.11. The van der Waals surface area contributed by atoms with Crippen LogP contribution in [-0.4, -0.2) is 12.5 Å². The molecule has 1 N–H and O–H groups in total. The molecule has 0 saturated carbocycles. The predicted molar refractivity (Wildman–Crippen MR) is 59.1 cm³/mol. The number of hydrogen-bond acceptors (Lipinski definition) is 2. The molecule has 1 rings (SSSR count). The third-order valence-electron chi connectivity index (χ3n) is 2.37. The summed E-state index contributed by atoms with van der Waals surface area (Å²) in [4.78, 5) is 0. The van der Waals surface area contributed by atoms with E-state index in [0.717, 1.165) is 11.1 Å². The molecule has 0 fully saturated rings. The second-order valence-corrected chi connectivity index (χ2v) is 3.51. The minimum absolute atomic E-state index is 0.271. The van der Waals surface area contributed by atoms with Gasteiger partial charge in [0.05, 0.1) is 6.61 Å². The zero-order chi connectivity index (χ0) is 10.7. The van der Waals surface area contributed by atoms with Crippen molar-refractivity contribution in [3.05, 3.63) is 34.4 Å². The molecule has 0 saturated heterocycles. The lowest BCUT2D eigenvalue weighted by molar-refractivity contribution is 0.325. The highest BCUT2D eigenvalue weighted by Gasteiger charge is 2.07. The summed E-state index contributed by atoms with van der Waals surface area (Å²) in [6.07, 6.45) is 0. The first-order valence-corrected chi connectivity index (χ1v) is 4.85. The van der Waals surface area contributed by atoms with Gasteiger partial charge in [0.15, 0.2) is 0 Å². The fourth-order valence-corrected chi connectivity index (χ4v) is 1.43. The van der Waals surface area contributed by atoms with Gasteiger partial charge in [-0.05, 0) is 50.5 Å². The number of nitrogens with one attached hydrogen (secondary N) is 1. The standard InChI is InChI=1S/C12H17NO/c1-5-14-12(13)11-7-9(3)8(2)6-10(11)4/h6-7,13H,5H2,1-4H3. The van der Waals surface area contributed by atoms with Crippen molar-refractivity contribution in [2.75, 3.05) is 6.61 Å². The maximum Gasteiger partial charge on any atom is 0.213 e. The Balaban J connectivity index is 3.09. The summed E-state index contributed by atoms with van der Waals surface area (Å²) in [7, 11) is 0. The molecule has 1 aromatic rings. The quantitative estimate of drug-likeness (QED) is 0.565. The zero-order valence-electron chi connectivity index (χ0n) is 9.27. The van der Waals surface area contributed by atoms with Crippen LogP contribution in [0.3, 0.4) is 0 Å². The van der Waals surface area contributed by atoms with E-state index in [2.05, 4.69) is 19.9 Å². The highest BCUT2D eigenvalue weighted by molar-refractivity contribution is 5.93. The lowest BCUT2D eigenvalue weighted by Gasteiger charge is -2.10. The van der Waals surface area contributed by atoms with Crippen LogP contribution in [0.2, 0.25) is 0 Å². The summed E-state index contributed by atoms with van der Waals surface area (Å²) in [5.41, 5.74) is 4.46. The van der Waals surface area contributed by atoms with Gasteiger partial charge in [-0.15, -0.1) is 0 Å². The normalized spacial score (nSPS) is 10.0. The molecule has 0 unspecified atom stereocenters. The van der Waals surface area contributed by atoms with E-state index in [1.807, 2.05) is 19.9 Å². The largest absolute Gasteiger partial charge is 0.478 e. The fraction of sp³-hybridized carbons (Fsp3) is 0.417. The molecule has 0 aromatic heterocycles. The molecule has 0 bridgehead atoms. The Hall–Kier alpha value is -1.31. The molecule has 14 heavy (non-hydrogen) atoms. The Morgan fingerprint density at radius 3 is 2.29 bits per heavy atom. The summed E-state index contributed by atoms with van der Waals surface area (Å²) in [6.45, 7) is 8.58. The molecule has 0 aliphatic carbocycles. The number of hydrogen-bond donors (Lipinski definition) is 1. The Morgan fingerprint density at radius 1 is 1.14 bits per heavy atom. The molecule has 0 atom stereocenters. The molecular formula is C12H17NO. The average molecular weight is 191 g/mol. The molecule has 2 heteroatoms. The van der Waals surface area contributed by atoms with Crippen molar-refractivity contribution in [1.82, 2.24) is 0 Å². The summed E-state index contributed by atoms with van der Waals surface area (Å²) >= 11 is 0. The molecule has 76 valence electrons. The van der Waals surface area contributed by atoms with Crippen molar-refractivity contribution >= 4 is 5.90 Å². The van der Waals surface area contributed by atoms with E-state index in [-0.39, 0.29) is 5.90 Å². The van der Waals surface area contributed by atoms with Gasteiger partial charge < -0.3 is 4.74 Å². The van der Waals surface area contributed by atoms with Crippen LogP contribution in [0.25, 0.3) is 0 Å². The van der Waals surface area contributed by atoms with E-state index in [0.29, 0.717) is 6.61 Å². The van der Waals surface area contributed by atoms with Crippen LogP contribution in [0.15, 0.2) is 12.1 Å². The molecule has 1 aromatic carbocycles. The van der Waals surface area contributed by atoms with E-state index in [1.54, 1.807) is 0 Å². The minimum Gasteiger partial charge on any atom is -0.478 e. The summed E-state index contributed by atoms with van der Waals surface area (Å²) < 4.78 is 5.19. The van der Waals surface area contributed by atoms with Gasteiger partial charge in [0.1, 0.15) is 0 Å². The number of ether oxygens (including phenoxy) is 1. The van der Waals surface area contributed by atoms with Crippen molar-refractivity contribution in [1.29, 1.82) is 5.41 Å². The molecule has 0 amide bonds. The minimum atomic E-state index is 0.271. The number of aryl methyl sites for hydroxylation is 3. The molecule has 0 radical (unpaired) electrons. The highest BCUT2D eigenvalue weighted by Crippen LogP contribution is 2.16. The predicted octanol–water partition coefficient (Wildman–Crippen LogP) is 2.97. The van der Waals surface area contributed by atoms with E-state index in [4.69, 9.17) is 10.1 Å². The first-order valence-electron chi connectivity index (χ1n) is 4.85. The van der Waals surface area contributed by atoms with Crippen LogP contribution >= 0.6 is 0 Å². The molecular weight excluding hydrogens is 174 g/mol. The van der Waals surface area contributed by atoms with Gasteiger partial charge in [-0.3, -0.25) is 5.41 Å². The summed E-state index contributed by atoms with van der Waals surface area (Å²) in [5.74, 6) is 0.271. The molecule has 0 aliphatic heterocycles. The lowest BCUT2D eigenvalue weighted by atomic mass is 10.0. The van der Waals surface area contributed by atoms with Gasteiger partial charge in [0.2, 0.25) is 5.90 Å². The SMILES string of the molecule is CCOC(=N)c1cc(C)c(C)cc1C. The van der Waals surface area contributed by atoms with E-state index >= 15 is 0 Å². The maximum absolute atomic E-state index is 7.72. The van der Waals surface area contributed by atoms with Crippen LogP contribution in [0.4, 0.5) is 0 Å². The van der Waals surface area contributed by atoms with E-state index < -0.39 is 0 Å². The molecule has 2 nitrogen and oxygen atoms in total. The smallest absolute Gasteiger partial charge is 0.213 e. The molecule has 0 aliphatic rings. The van der Waals surface area contributed by atoms with E-state index in [1.165, 1.54) is 11.1 Å². The maximum atomic E-state index is 7.72. The molecule has 0 heterocycles. The number of benzene rings is 1. The Morgan fingerprint density at radius 2 is 1.71 bits per heavy atom. The Kier molecular flexibility index (Phi) is 3.28. The van der Waals surface area contributed by atoms with Gasteiger partial charge >= 0.3 is 0 Å². The monoisotopic (exact) mass is 191 g/mol. The second-order valence-electron chi connectivity index (χ2n) is 3.51. The Labute approximate surface area is 85.4 Å². The first kappa shape index (κ1) is 10.8. The van der Waals surface area contributed by atoms with Crippen molar-refractivity contribution in [2.45, 2.75) is 27.7 Å².